The minimum absolute atomic E-state index is 0.375. The van der Waals surface area contributed by atoms with Gasteiger partial charge in [-0.2, -0.15) is 0 Å². The van der Waals surface area contributed by atoms with Crippen LogP contribution >= 0.6 is 0 Å². The van der Waals surface area contributed by atoms with Crippen molar-refractivity contribution in [3.63, 3.8) is 0 Å². The maximum Gasteiger partial charge on any atom is 0.226 e. The van der Waals surface area contributed by atoms with Crippen LogP contribution in [0, 0.1) is 0 Å². The molecule has 0 aromatic carbocycles. The van der Waals surface area contributed by atoms with Crippen molar-refractivity contribution in [2.24, 2.45) is 0 Å². The topological polar surface area (TPSA) is 84.1 Å². The predicted molar refractivity (Wildman–Crippen MR) is 77.4 cm³/mol. The highest BCUT2D eigenvalue weighted by molar-refractivity contribution is 5.46. The second kappa shape index (κ2) is 5.91. The Morgan fingerprint density at radius 2 is 2.05 bits per heavy atom. The lowest BCUT2D eigenvalue weighted by Crippen LogP contribution is -2.39. The fourth-order valence-electron chi connectivity index (χ4n) is 2.82. The Labute approximate surface area is 123 Å². The third kappa shape index (κ3) is 2.96. The summed E-state index contributed by atoms with van der Waals surface area (Å²) in [5.74, 6) is 0.886. The van der Waals surface area contributed by atoms with Crippen LogP contribution < -0.4 is 5.32 Å². The molecule has 2 N–H and O–H groups in total. The van der Waals surface area contributed by atoms with Gasteiger partial charge in [0.1, 0.15) is 17.6 Å². The molecule has 0 aliphatic heterocycles. The Hall–Kier alpha value is -1.79. The fraction of sp³-hybridized carbons (Fsp3) is 0.533. The Morgan fingerprint density at radius 3 is 2.71 bits per heavy atom. The molecule has 0 spiro atoms. The van der Waals surface area contributed by atoms with Gasteiger partial charge in [0, 0.05) is 18.4 Å². The largest absolute Gasteiger partial charge is 0.445 e. The molecule has 21 heavy (non-hydrogen) atoms. The molecule has 3 rings (SSSR count). The molecule has 1 aliphatic rings. The van der Waals surface area contributed by atoms with Gasteiger partial charge in [0.05, 0.1) is 0 Å². The third-order valence-electron chi connectivity index (χ3n) is 4.00. The summed E-state index contributed by atoms with van der Waals surface area (Å²) in [5.41, 5.74) is -0.410. The van der Waals surface area contributed by atoms with E-state index < -0.39 is 5.60 Å². The molecule has 0 atom stereocenters. The summed E-state index contributed by atoms with van der Waals surface area (Å²) < 4.78 is 5.50. The minimum Gasteiger partial charge on any atom is -0.445 e. The summed E-state index contributed by atoms with van der Waals surface area (Å²) in [6.07, 6.45) is 7.98. The Bertz CT molecular complexity index is 576. The fourth-order valence-corrected chi connectivity index (χ4v) is 2.82. The monoisotopic (exact) mass is 288 g/mol. The van der Waals surface area contributed by atoms with Crippen molar-refractivity contribution in [1.82, 2.24) is 20.3 Å². The lowest BCUT2D eigenvalue weighted by atomic mass is 9.82. The number of nitrogens with one attached hydrogen (secondary N) is 1. The Balaban J connectivity index is 1.74. The van der Waals surface area contributed by atoms with E-state index in [0.717, 1.165) is 19.4 Å². The average Bonchev–Trinajstić information content (AvgIpc) is 3.02. The van der Waals surface area contributed by atoms with Gasteiger partial charge in [-0.25, -0.2) is 15.0 Å². The molecule has 0 unspecified atom stereocenters. The van der Waals surface area contributed by atoms with E-state index in [1.54, 1.807) is 18.5 Å². The highest BCUT2D eigenvalue weighted by Gasteiger charge is 2.38. The van der Waals surface area contributed by atoms with E-state index in [0.29, 0.717) is 36.3 Å². The van der Waals surface area contributed by atoms with E-state index in [2.05, 4.69) is 27.2 Å². The molecule has 2 aromatic heterocycles. The summed E-state index contributed by atoms with van der Waals surface area (Å²) in [4.78, 5) is 12.7. The van der Waals surface area contributed by atoms with Gasteiger partial charge in [-0.05, 0) is 38.3 Å². The average molecular weight is 288 g/mol. The van der Waals surface area contributed by atoms with Crippen LogP contribution in [0.4, 0.5) is 0 Å². The lowest BCUT2D eigenvalue weighted by molar-refractivity contribution is -0.0311. The van der Waals surface area contributed by atoms with Crippen molar-refractivity contribution in [3.05, 3.63) is 30.6 Å². The molecule has 1 saturated carbocycles. The first-order chi connectivity index (χ1) is 10.2. The van der Waals surface area contributed by atoms with Gasteiger partial charge in [-0.15, -0.1) is 0 Å². The van der Waals surface area contributed by atoms with Crippen LogP contribution in [0.1, 0.15) is 38.5 Å². The summed E-state index contributed by atoms with van der Waals surface area (Å²) in [5, 5.41) is 14.2. The van der Waals surface area contributed by atoms with E-state index in [1.807, 2.05) is 0 Å². The normalized spacial score (nSPS) is 25.9. The Morgan fingerprint density at radius 1 is 1.33 bits per heavy atom. The van der Waals surface area contributed by atoms with Crippen LogP contribution in [0.25, 0.3) is 11.5 Å². The van der Waals surface area contributed by atoms with E-state index in [4.69, 9.17) is 4.42 Å². The molecule has 0 bridgehead atoms. The van der Waals surface area contributed by atoms with Gasteiger partial charge in [-0.1, -0.05) is 6.92 Å². The number of nitrogens with zero attached hydrogens (tertiary/aromatic N) is 3. The molecule has 6 heteroatoms. The highest BCUT2D eigenvalue weighted by Crippen LogP contribution is 2.37. The number of hydrogen-bond donors (Lipinski definition) is 2. The van der Waals surface area contributed by atoms with E-state index in [-0.39, 0.29) is 0 Å². The molecule has 0 saturated heterocycles. The molecule has 1 aliphatic carbocycles. The van der Waals surface area contributed by atoms with E-state index in [9.17, 15) is 5.11 Å². The first kappa shape index (κ1) is 14.2. The van der Waals surface area contributed by atoms with Crippen molar-refractivity contribution in [1.29, 1.82) is 0 Å². The van der Waals surface area contributed by atoms with Gasteiger partial charge in [0.25, 0.3) is 0 Å². The van der Waals surface area contributed by atoms with Gasteiger partial charge in [-0.3, -0.25) is 0 Å². The lowest BCUT2D eigenvalue weighted by Gasteiger charge is -2.33. The molecule has 2 heterocycles. The van der Waals surface area contributed by atoms with E-state index >= 15 is 0 Å². The summed E-state index contributed by atoms with van der Waals surface area (Å²) in [6, 6.07) is 2.22. The van der Waals surface area contributed by atoms with Crippen LogP contribution in [0.2, 0.25) is 0 Å². The van der Waals surface area contributed by atoms with Crippen molar-refractivity contribution in [2.75, 3.05) is 6.54 Å². The quantitative estimate of drug-likeness (QED) is 0.893. The van der Waals surface area contributed by atoms with Crippen LogP contribution in [-0.2, 0) is 5.60 Å². The van der Waals surface area contributed by atoms with Crippen LogP contribution in [0.3, 0.4) is 0 Å². The van der Waals surface area contributed by atoms with Crippen LogP contribution in [-0.4, -0.2) is 32.6 Å². The van der Waals surface area contributed by atoms with E-state index in [1.165, 1.54) is 6.26 Å². The summed E-state index contributed by atoms with van der Waals surface area (Å²) in [6.45, 7) is 3.05. The molecule has 112 valence electrons. The van der Waals surface area contributed by atoms with Crippen molar-refractivity contribution in [3.8, 4) is 11.5 Å². The molecule has 1 fully saturated rings. The SMILES string of the molecule is CCNC1CCC(O)(c2nc(-c3ncccn3)co2)CC1. The van der Waals surface area contributed by atoms with Crippen molar-refractivity contribution in [2.45, 2.75) is 44.2 Å². The summed E-state index contributed by atoms with van der Waals surface area (Å²) in [7, 11) is 0. The van der Waals surface area contributed by atoms with Gasteiger partial charge in [0.15, 0.2) is 5.82 Å². The maximum atomic E-state index is 10.8. The van der Waals surface area contributed by atoms with Gasteiger partial charge < -0.3 is 14.8 Å². The molecular weight excluding hydrogens is 268 g/mol. The number of hydrogen-bond acceptors (Lipinski definition) is 6. The number of aliphatic hydroxyl groups is 1. The number of rotatable bonds is 4. The summed E-state index contributed by atoms with van der Waals surface area (Å²) >= 11 is 0. The third-order valence-corrected chi connectivity index (χ3v) is 4.00. The molecule has 6 nitrogen and oxygen atoms in total. The molecular formula is C15H20N4O2. The Kier molecular flexibility index (Phi) is 3.98. The molecule has 2 aromatic rings. The first-order valence-electron chi connectivity index (χ1n) is 7.40. The molecule has 0 radical (unpaired) electrons. The second-order valence-corrected chi connectivity index (χ2v) is 5.47. The van der Waals surface area contributed by atoms with Crippen LogP contribution in [0.5, 0.6) is 0 Å². The zero-order valence-electron chi connectivity index (χ0n) is 12.1. The van der Waals surface area contributed by atoms with Gasteiger partial charge >= 0.3 is 0 Å². The highest BCUT2D eigenvalue weighted by atomic mass is 16.4. The number of oxazole rings is 1. The zero-order chi connectivity index (χ0) is 14.7. The van der Waals surface area contributed by atoms with Gasteiger partial charge in [0.2, 0.25) is 5.89 Å². The maximum absolute atomic E-state index is 10.8. The second-order valence-electron chi connectivity index (χ2n) is 5.47. The first-order valence-corrected chi connectivity index (χ1v) is 7.40. The molecule has 0 amide bonds. The van der Waals surface area contributed by atoms with Crippen molar-refractivity contribution >= 4 is 0 Å². The zero-order valence-corrected chi connectivity index (χ0v) is 12.1. The minimum atomic E-state index is -0.973. The van der Waals surface area contributed by atoms with Crippen LogP contribution in [0.15, 0.2) is 29.1 Å². The predicted octanol–water partition coefficient (Wildman–Crippen LogP) is 1.87. The smallest absolute Gasteiger partial charge is 0.226 e. The standard InChI is InChI=1S/C15H20N4O2/c1-2-16-11-4-6-15(20,7-5-11)14-19-12(10-21-14)13-17-8-3-9-18-13/h3,8-11,16,20H,2,4-7H2,1H3. The van der Waals surface area contributed by atoms with Crippen molar-refractivity contribution < 1.29 is 9.52 Å². The number of aromatic nitrogens is 3.